The second-order valence-corrected chi connectivity index (χ2v) is 4.25. The van der Waals surface area contributed by atoms with Crippen LogP contribution < -0.4 is 5.73 Å². The Hall–Kier alpha value is -0.610. The molecule has 0 radical (unpaired) electrons. The summed E-state index contributed by atoms with van der Waals surface area (Å²) in [4.78, 5) is 13.6. The van der Waals surface area contributed by atoms with Gasteiger partial charge in [-0.3, -0.25) is 4.79 Å². The van der Waals surface area contributed by atoms with Crippen LogP contribution in [0.4, 0.5) is 0 Å². The Morgan fingerprint density at radius 2 is 2.40 bits per heavy atom. The Balaban J connectivity index is 2.36. The third kappa shape index (κ3) is 4.18. The minimum atomic E-state index is -0.0592. The largest absolute Gasteiger partial charge is 0.376 e. The van der Waals surface area contributed by atoms with Crippen molar-refractivity contribution in [2.24, 2.45) is 5.73 Å². The molecule has 0 spiro atoms. The molecular weight excluding hydrogens is 192 g/mol. The third-order valence-corrected chi connectivity index (χ3v) is 2.68. The van der Waals surface area contributed by atoms with E-state index in [1.165, 1.54) is 0 Å². The van der Waals surface area contributed by atoms with Gasteiger partial charge >= 0.3 is 0 Å². The molecule has 0 bridgehead atoms. The highest BCUT2D eigenvalue weighted by molar-refractivity contribution is 5.76. The van der Waals surface area contributed by atoms with E-state index in [0.29, 0.717) is 6.42 Å². The maximum atomic E-state index is 11.8. The van der Waals surface area contributed by atoms with E-state index in [1.807, 2.05) is 18.7 Å². The number of rotatable bonds is 5. The molecule has 2 N–H and O–H groups in total. The molecule has 0 aromatic rings. The second-order valence-electron chi connectivity index (χ2n) is 4.25. The maximum Gasteiger partial charge on any atom is 0.224 e. The SMILES string of the molecule is CCN(CC1CCCO1)C(=O)CC(C)N. The lowest BCUT2D eigenvalue weighted by molar-refractivity contribution is -0.132. The van der Waals surface area contributed by atoms with Crippen LogP contribution in [-0.2, 0) is 9.53 Å². The first kappa shape index (κ1) is 12.5. The summed E-state index contributed by atoms with van der Waals surface area (Å²) in [5.41, 5.74) is 5.62. The number of hydrogen-bond donors (Lipinski definition) is 1. The summed E-state index contributed by atoms with van der Waals surface area (Å²) >= 11 is 0. The molecule has 1 aliphatic heterocycles. The molecule has 1 amide bonds. The highest BCUT2D eigenvalue weighted by Gasteiger charge is 2.21. The van der Waals surface area contributed by atoms with Crippen LogP contribution in [0, 0.1) is 0 Å². The molecule has 0 aliphatic carbocycles. The van der Waals surface area contributed by atoms with Crippen molar-refractivity contribution in [2.45, 2.75) is 45.3 Å². The average Bonchev–Trinajstić information content (AvgIpc) is 2.65. The second kappa shape index (κ2) is 6.08. The van der Waals surface area contributed by atoms with E-state index < -0.39 is 0 Å². The quantitative estimate of drug-likeness (QED) is 0.735. The van der Waals surface area contributed by atoms with E-state index >= 15 is 0 Å². The van der Waals surface area contributed by atoms with Crippen LogP contribution in [-0.4, -0.2) is 42.6 Å². The van der Waals surface area contributed by atoms with Crippen LogP contribution in [0.5, 0.6) is 0 Å². The van der Waals surface area contributed by atoms with Crippen LogP contribution in [0.25, 0.3) is 0 Å². The summed E-state index contributed by atoms with van der Waals surface area (Å²) in [6.45, 7) is 6.16. The normalized spacial score (nSPS) is 22.7. The van der Waals surface area contributed by atoms with E-state index in [2.05, 4.69) is 0 Å². The fourth-order valence-electron chi connectivity index (χ4n) is 1.85. The van der Waals surface area contributed by atoms with Crippen LogP contribution in [0.1, 0.15) is 33.1 Å². The lowest BCUT2D eigenvalue weighted by atomic mass is 10.2. The smallest absolute Gasteiger partial charge is 0.224 e. The molecule has 1 saturated heterocycles. The molecule has 1 fully saturated rings. The van der Waals surface area contributed by atoms with Crippen molar-refractivity contribution in [3.8, 4) is 0 Å². The first-order chi connectivity index (χ1) is 7.13. The maximum absolute atomic E-state index is 11.8. The Labute approximate surface area is 91.8 Å². The number of hydrogen-bond acceptors (Lipinski definition) is 3. The van der Waals surface area contributed by atoms with Gasteiger partial charge in [0.15, 0.2) is 0 Å². The summed E-state index contributed by atoms with van der Waals surface area (Å²) in [5, 5.41) is 0. The molecule has 0 aromatic carbocycles. The van der Waals surface area contributed by atoms with Crippen LogP contribution in [0.3, 0.4) is 0 Å². The number of carbonyl (C=O) groups is 1. The van der Waals surface area contributed by atoms with Gasteiger partial charge in [0.2, 0.25) is 5.91 Å². The molecule has 15 heavy (non-hydrogen) atoms. The predicted octanol–water partition coefficient (Wildman–Crippen LogP) is 0.751. The van der Waals surface area contributed by atoms with E-state index in [4.69, 9.17) is 10.5 Å². The molecule has 88 valence electrons. The highest BCUT2D eigenvalue weighted by atomic mass is 16.5. The van der Waals surface area contributed by atoms with Crippen molar-refractivity contribution in [2.75, 3.05) is 19.7 Å². The molecule has 0 aromatic heterocycles. The fourth-order valence-corrected chi connectivity index (χ4v) is 1.85. The van der Waals surface area contributed by atoms with E-state index in [9.17, 15) is 4.79 Å². The van der Waals surface area contributed by atoms with Gasteiger partial charge in [-0.15, -0.1) is 0 Å². The first-order valence-electron chi connectivity index (χ1n) is 5.78. The molecular formula is C11H22N2O2. The van der Waals surface area contributed by atoms with Crippen molar-refractivity contribution in [1.82, 2.24) is 4.90 Å². The number of likely N-dealkylation sites (N-methyl/N-ethyl adjacent to an activating group) is 1. The average molecular weight is 214 g/mol. The van der Waals surface area contributed by atoms with Gasteiger partial charge in [-0.05, 0) is 26.7 Å². The van der Waals surface area contributed by atoms with Crippen LogP contribution >= 0.6 is 0 Å². The summed E-state index contributed by atoms with van der Waals surface area (Å²) in [6.07, 6.45) is 2.86. The lowest BCUT2D eigenvalue weighted by Crippen LogP contribution is -2.39. The highest BCUT2D eigenvalue weighted by Crippen LogP contribution is 2.13. The summed E-state index contributed by atoms with van der Waals surface area (Å²) in [5.74, 6) is 0.142. The minimum absolute atomic E-state index is 0.0592. The van der Waals surface area contributed by atoms with Gasteiger partial charge in [0.1, 0.15) is 0 Å². The summed E-state index contributed by atoms with van der Waals surface area (Å²) in [6, 6.07) is -0.0592. The molecule has 2 atom stereocenters. The molecule has 2 unspecified atom stereocenters. The van der Waals surface area contributed by atoms with Gasteiger partial charge in [-0.1, -0.05) is 0 Å². The first-order valence-corrected chi connectivity index (χ1v) is 5.78. The van der Waals surface area contributed by atoms with E-state index in [-0.39, 0.29) is 18.1 Å². The summed E-state index contributed by atoms with van der Waals surface area (Å²) in [7, 11) is 0. The zero-order valence-electron chi connectivity index (χ0n) is 9.74. The van der Waals surface area contributed by atoms with Crippen molar-refractivity contribution >= 4 is 5.91 Å². The van der Waals surface area contributed by atoms with Gasteiger partial charge in [0, 0.05) is 32.2 Å². The molecule has 1 heterocycles. The van der Waals surface area contributed by atoms with E-state index in [0.717, 1.165) is 32.5 Å². The van der Waals surface area contributed by atoms with Gasteiger partial charge in [-0.2, -0.15) is 0 Å². The number of carbonyl (C=O) groups excluding carboxylic acids is 1. The Morgan fingerprint density at radius 1 is 1.67 bits per heavy atom. The molecule has 4 nitrogen and oxygen atoms in total. The van der Waals surface area contributed by atoms with E-state index in [1.54, 1.807) is 0 Å². The molecule has 4 heteroatoms. The molecule has 1 rings (SSSR count). The van der Waals surface area contributed by atoms with Gasteiger partial charge in [-0.25, -0.2) is 0 Å². The van der Waals surface area contributed by atoms with Crippen molar-refractivity contribution < 1.29 is 9.53 Å². The van der Waals surface area contributed by atoms with Gasteiger partial charge in [0.05, 0.1) is 6.10 Å². The minimum Gasteiger partial charge on any atom is -0.376 e. The molecule has 1 aliphatic rings. The zero-order chi connectivity index (χ0) is 11.3. The number of ether oxygens (including phenoxy) is 1. The van der Waals surface area contributed by atoms with Crippen molar-refractivity contribution in [1.29, 1.82) is 0 Å². The topological polar surface area (TPSA) is 55.6 Å². The Bertz CT molecular complexity index is 201. The Morgan fingerprint density at radius 3 is 2.87 bits per heavy atom. The fraction of sp³-hybridized carbons (Fsp3) is 0.909. The van der Waals surface area contributed by atoms with Crippen LogP contribution in [0.15, 0.2) is 0 Å². The van der Waals surface area contributed by atoms with Gasteiger partial charge < -0.3 is 15.4 Å². The number of amides is 1. The monoisotopic (exact) mass is 214 g/mol. The third-order valence-electron chi connectivity index (χ3n) is 2.68. The Kier molecular flexibility index (Phi) is 5.05. The van der Waals surface area contributed by atoms with Crippen molar-refractivity contribution in [3.05, 3.63) is 0 Å². The zero-order valence-corrected chi connectivity index (χ0v) is 9.74. The number of nitrogens with two attached hydrogens (primary N) is 1. The molecule has 0 saturated carbocycles. The lowest BCUT2D eigenvalue weighted by Gasteiger charge is -2.24. The van der Waals surface area contributed by atoms with Crippen molar-refractivity contribution in [3.63, 3.8) is 0 Å². The summed E-state index contributed by atoms with van der Waals surface area (Å²) < 4.78 is 5.52. The van der Waals surface area contributed by atoms with Gasteiger partial charge in [0.25, 0.3) is 0 Å². The predicted molar refractivity (Wildman–Crippen MR) is 59.5 cm³/mol. The standard InChI is InChI=1S/C11H22N2O2/c1-3-13(11(14)7-9(2)12)8-10-5-4-6-15-10/h9-10H,3-8,12H2,1-2H3. The number of nitrogens with zero attached hydrogens (tertiary/aromatic N) is 1. The van der Waals surface area contributed by atoms with Crippen LogP contribution in [0.2, 0.25) is 0 Å².